The molecule has 196 valence electrons. The number of likely N-dealkylation sites (N-methyl/N-ethyl adjacent to an activating group) is 1. The van der Waals surface area contributed by atoms with Crippen molar-refractivity contribution in [3.05, 3.63) is 35.4 Å². The van der Waals surface area contributed by atoms with Crippen LogP contribution in [-0.4, -0.2) is 47.0 Å². The molecule has 3 atom stereocenters. The van der Waals surface area contributed by atoms with E-state index in [4.69, 9.17) is 4.74 Å². The van der Waals surface area contributed by atoms with Crippen LogP contribution in [0.15, 0.2) is 24.3 Å². The molecule has 1 aromatic rings. The number of nitrogens with one attached hydrogen (secondary N) is 2. The highest BCUT2D eigenvalue weighted by atomic mass is 16.6. The van der Waals surface area contributed by atoms with Gasteiger partial charge in [0, 0.05) is 12.6 Å². The van der Waals surface area contributed by atoms with E-state index in [1.807, 2.05) is 52.0 Å². The number of benzene rings is 1. The van der Waals surface area contributed by atoms with Crippen LogP contribution in [0.3, 0.4) is 0 Å². The molecular weight excluding hydrogens is 442 g/mol. The molecule has 1 fully saturated rings. The van der Waals surface area contributed by atoms with E-state index in [2.05, 4.69) is 10.6 Å². The minimum atomic E-state index is -0.801. The largest absolute Gasteiger partial charge is 0.444 e. The van der Waals surface area contributed by atoms with Crippen molar-refractivity contribution in [3.63, 3.8) is 0 Å². The third-order valence-corrected chi connectivity index (χ3v) is 6.64. The highest BCUT2D eigenvalue weighted by Gasteiger charge is 2.38. The minimum absolute atomic E-state index is 0.127. The SMILES string of the molecule is CCC(C)C(NC(=O)OC(C)(C)C)C(=O)N(CC)C(C(=O)NC1CCCCC1)c1cccc(C)c1. The molecule has 0 bridgehead atoms. The fraction of sp³-hybridized carbons (Fsp3) is 0.679. The molecule has 0 heterocycles. The van der Waals surface area contributed by atoms with E-state index in [1.165, 1.54) is 6.42 Å². The highest BCUT2D eigenvalue weighted by Crippen LogP contribution is 2.26. The zero-order valence-corrected chi connectivity index (χ0v) is 22.6. The van der Waals surface area contributed by atoms with Crippen LogP contribution in [-0.2, 0) is 14.3 Å². The van der Waals surface area contributed by atoms with E-state index < -0.39 is 23.8 Å². The number of carbonyl (C=O) groups excluding carboxylic acids is 3. The number of hydrogen-bond acceptors (Lipinski definition) is 4. The molecule has 0 radical (unpaired) electrons. The number of aryl methyl sites for hydroxylation is 1. The van der Waals surface area contributed by atoms with E-state index in [0.29, 0.717) is 13.0 Å². The second-order valence-corrected chi connectivity index (χ2v) is 10.8. The summed E-state index contributed by atoms with van der Waals surface area (Å²) in [6.45, 7) is 13.4. The molecule has 35 heavy (non-hydrogen) atoms. The molecule has 0 saturated heterocycles. The molecule has 0 aromatic heterocycles. The Bertz CT molecular complexity index is 858. The molecule has 7 heteroatoms. The Morgan fingerprint density at radius 3 is 2.31 bits per heavy atom. The third-order valence-electron chi connectivity index (χ3n) is 6.64. The Labute approximate surface area is 211 Å². The maximum absolute atomic E-state index is 13.9. The number of rotatable bonds is 9. The number of alkyl carbamates (subject to hydrolysis) is 1. The van der Waals surface area contributed by atoms with E-state index in [9.17, 15) is 14.4 Å². The first-order chi connectivity index (χ1) is 16.5. The van der Waals surface area contributed by atoms with Gasteiger partial charge in [0.25, 0.3) is 0 Å². The van der Waals surface area contributed by atoms with Crippen molar-refractivity contribution in [2.45, 2.75) is 111 Å². The van der Waals surface area contributed by atoms with Crippen LogP contribution in [0.5, 0.6) is 0 Å². The Hall–Kier alpha value is -2.57. The lowest BCUT2D eigenvalue weighted by Crippen LogP contribution is -2.55. The number of ether oxygens (including phenoxy) is 1. The molecule has 1 saturated carbocycles. The maximum atomic E-state index is 13.9. The van der Waals surface area contributed by atoms with Gasteiger partial charge in [0.2, 0.25) is 11.8 Å². The van der Waals surface area contributed by atoms with Gasteiger partial charge in [-0.05, 0) is 58.9 Å². The van der Waals surface area contributed by atoms with Crippen LogP contribution in [0.2, 0.25) is 0 Å². The van der Waals surface area contributed by atoms with Gasteiger partial charge in [0.1, 0.15) is 17.7 Å². The van der Waals surface area contributed by atoms with Gasteiger partial charge in [-0.25, -0.2) is 4.79 Å². The Balaban J connectivity index is 2.38. The molecule has 1 aromatic carbocycles. The second kappa shape index (κ2) is 12.9. The molecule has 2 rings (SSSR count). The zero-order valence-electron chi connectivity index (χ0n) is 22.6. The van der Waals surface area contributed by atoms with Crippen molar-refractivity contribution < 1.29 is 19.1 Å². The van der Waals surface area contributed by atoms with Crippen LogP contribution in [0.25, 0.3) is 0 Å². The van der Waals surface area contributed by atoms with Crippen LogP contribution in [0.4, 0.5) is 4.79 Å². The Morgan fingerprint density at radius 1 is 1.11 bits per heavy atom. The number of carbonyl (C=O) groups is 3. The fourth-order valence-corrected chi connectivity index (χ4v) is 4.60. The minimum Gasteiger partial charge on any atom is -0.444 e. The molecule has 1 aliphatic rings. The summed E-state index contributed by atoms with van der Waals surface area (Å²) in [5.41, 5.74) is 1.11. The van der Waals surface area contributed by atoms with Gasteiger partial charge < -0.3 is 20.3 Å². The van der Waals surface area contributed by atoms with Gasteiger partial charge in [-0.15, -0.1) is 0 Å². The van der Waals surface area contributed by atoms with Crippen molar-refractivity contribution in [1.82, 2.24) is 15.5 Å². The Kier molecular flexibility index (Phi) is 10.6. The second-order valence-electron chi connectivity index (χ2n) is 10.8. The lowest BCUT2D eigenvalue weighted by molar-refractivity contribution is -0.143. The molecule has 7 nitrogen and oxygen atoms in total. The standard InChI is InChI=1S/C28H45N3O4/c1-8-20(4)23(30-27(34)35-28(5,6)7)26(33)31(9-2)24(21-15-13-14-19(3)18-21)25(32)29-22-16-11-10-12-17-22/h13-15,18,20,22-24H,8-12,16-17H2,1-7H3,(H,29,32)(H,30,34). The molecule has 0 aliphatic heterocycles. The number of hydrogen-bond donors (Lipinski definition) is 2. The van der Waals surface area contributed by atoms with Gasteiger partial charge in [-0.2, -0.15) is 0 Å². The first-order valence-corrected chi connectivity index (χ1v) is 13.1. The maximum Gasteiger partial charge on any atom is 0.408 e. The van der Waals surface area contributed by atoms with Gasteiger partial charge >= 0.3 is 6.09 Å². The van der Waals surface area contributed by atoms with Crippen molar-refractivity contribution in [2.75, 3.05) is 6.54 Å². The number of nitrogens with zero attached hydrogens (tertiary/aromatic N) is 1. The van der Waals surface area contributed by atoms with Gasteiger partial charge in [-0.3, -0.25) is 9.59 Å². The summed E-state index contributed by atoms with van der Waals surface area (Å²) in [7, 11) is 0. The quantitative estimate of drug-likeness (QED) is 0.496. The summed E-state index contributed by atoms with van der Waals surface area (Å²) in [6, 6.07) is 6.29. The van der Waals surface area contributed by atoms with Gasteiger partial charge in [0.05, 0.1) is 0 Å². The first kappa shape index (κ1) is 28.7. The summed E-state index contributed by atoms with van der Waals surface area (Å²) in [6.07, 6.45) is 5.38. The van der Waals surface area contributed by atoms with Gasteiger partial charge in [0.15, 0.2) is 0 Å². The first-order valence-electron chi connectivity index (χ1n) is 13.1. The summed E-state index contributed by atoms with van der Waals surface area (Å²) in [4.78, 5) is 41.8. The van der Waals surface area contributed by atoms with E-state index in [0.717, 1.165) is 36.8 Å². The van der Waals surface area contributed by atoms with Crippen LogP contribution >= 0.6 is 0 Å². The molecule has 1 aliphatic carbocycles. The lowest BCUT2D eigenvalue weighted by Gasteiger charge is -2.36. The average molecular weight is 488 g/mol. The van der Waals surface area contributed by atoms with Crippen molar-refractivity contribution in [3.8, 4) is 0 Å². The van der Waals surface area contributed by atoms with Crippen molar-refractivity contribution in [2.24, 2.45) is 5.92 Å². The molecular formula is C28H45N3O4. The monoisotopic (exact) mass is 487 g/mol. The summed E-state index contributed by atoms with van der Waals surface area (Å²) in [5, 5.41) is 6.01. The lowest BCUT2D eigenvalue weighted by atomic mass is 9.93. The summed E-state index contributed by atoms with van der Waals surface area (Å²) in [5.74, 6) is -0.584. The third kappa shape index (κ3) is 8.55. The summed E-state index contributed by atoms with van der Waals surface area (Å²) >= 11 is 0. The normalized spacial score (nSPS) is 17.1. The smallest absolute Gasteiger partial charge is 0.408 e. The topological polar surface area (TPSA) is 87.7 Å². The van der Waals surface area contributed by atoms with Crippen molar-refractivity contribution in [1.29, 1.82) is 0 Å². The fourth-order valence-electron chi connectivity index (χ4n) is 4.60. The van der Waals surface area contributed by atoms with Crippen molar-refractivity contribution >= 4 is 17.9 Å². The van der Waals surface area contributed by atoms with E-state index in [1.54, 1.807) is 25.7 Å². The van der Waals surface area contributed by atoms with Crippen LogP contribution < -0.4 is 10.6 Å². The van der Waals surface area contributed by atoms with Crippen LogP contribution in [0.1, 0.15) is 97.2 Å². The molecule has 3 amide bonds. The van der Waals surface area contributed by atoms with E-state index in [-0.39, 0.29) is 23.8 Å². The molecule has 2 N–H and O–H groups in total. The highest BCUT2D eigenvalue weighted by molar-refractivity contribution is 5.92. The van der Waals surface area contributed by atoms with Gasteiger partial charge in [-0.1, -0.05) is 69.4 Å². The molecule has 3 unspecified atom stereocenters. The average Bonchev–Trinajstić information content (AvgIpc) is 2.79. The summed E-state index contributed by atoms with van der Waals surface area (Å²) < 4.78 is 5.44. The van der Waals surface area contributed by atoms with Crippen LogP contribution in [0, 0.1) is 12.8 Å². The number of amides is 3. The molecule has 0 spiro atoms. The Morgan fingerprint density at radius 2 is 1.77 bits per heavy atom. The van der Waals surface area contributed by atoms with E-state index >= 15 is 0 Å². The predicted molar refractivity (Wildman–Crippen MR) is 139 cm³/mol. The zero-order chi connectivity index (χ0) is 26.2. The predicted octanol–water partition coefficient (Wildman–Crippen LogP) is 5.27.